The van der Waals surface area contributed by atoms with Gasteiger partial charge >= 0.3 is 6.03 Å². The summed E-state index contributed by atoms with van der Waals surface area (Å²) in [4.78, 5) is 14.0. The van der Waals surface area contributed by atoms with Gasteiger partial charge in [0.2, 0.25) is 0 Å². The quantitative estimate of drug-likeness (QED) is 0.859. The van der Waals surface area contributed by atoms with Crippen molar-refractivity contribution in [2.24, 2.45) is 0 Å². The second-order valence-electron chi connectivity index (χ2n) is 4.92. The molecule has 22 heavy (non-hydrogen) atoms. The van der Waals surface area contributed by atoms with Crippen molar-refractivity contribution < 1.29 is 4.79 Å². The third-order valence-electron chi connectivity index (χ3n) is 3.23. The molecule has 0 saturated carbocycles. The lowest BCUT2D eigenvalue weighted by Gasteiger charge is -2.20. The number of hydrogen-bond donors (Lipinski definition) is 1. The molecule has 2 rings (SSSR count). The van der Waals surface area contributed by atoms with E-state index in [0.717, 1.165) is 16.8 Å². The first-order valence-electron chi connectivity index (χ1n) is 7.17. The number of carbonyl (C=O) groups excluding carboxylic acids is 1. The predicted molar refractivity (Wildman–Crippen MR) is 93.2 cm³/mol. The molecule has 0 aliphatic rings. The minimum atomic E-state index is -0.154. The summed E-state index contributed by atoms with van der Waals surface area (Å²) in [6.45, 7) is 4.56. The molecular formula is C18H19ClN2O. The van der Waals surface area contributed by atoms with Crippen LogP contribution in [-0.4, -0.2) is 12.6 Å². The van der Waals surface area contributed by atoms with Crippen LogP contribution >= 0.6 is 11.6 Å². The number of carbonyl (C=O) groups is 1. The average Bonchev–Trinajstić information content (AvgIpc) is 2.50. The molecule has 0 radical (unpaired) electrons. The number of aryl methyl sites for hydroxylation is 1. The first-order chi connectivity index (χ1) is 10.6. The zero-order valence-corrected chi connectivity index (χ0v) is 13.5. The molecule has 0 unspecified atom stereocenters. The van der Waals surface area contributed by atoms with E-state index < -0.39 is 0 Å². The standard InChI is InChI=1S/C18H19ClN2O/c1-3-21(17-6-4-5-14(2)13-17)18(22)20-12-11-15-7-9-16(19)10-8-15/h4-13H,3H2,1-2H3,(H,20,22)/b12-11+. The number of rotatable bonds is 4. The van der Waals surface area contributed by atoms with Gasteiger partial charge in [0.1, 0.15) is 0 Å². The Morgan fingerprint density at radius 3 is 2.59 bits per heavy atom. The van der Waals surface area contributed by atoms with E-state index in [2.05, 4.69) is 5.32 Å². The molecule has 0 aliphatic carbocycles. The number of anilines is 1. The molecule has 4 heteroatoms. The van der Waals surface area contributed by atoms with Gasteiger partial charge in [-0.15, -0.1) is 0 Å². The topological polar surface area (TPSA) is 32.3 Å². The van der Waals surface area contributed by atoms with Crippen LogP contribution in [0.25, 0.3) is 6.08 Å². The fourth-order valence-corrected chi connectivity index (χ4v) is 2.23. The largest absolute Gasteiger partial charge is 0.325 e. The van der Waals surface area contributed by atoms with Crippen LogP contribution in [0.1, 0.15) is 18.1 Å². The second-order valence-corrected chi connectivity index (χ2v) is 5.35. The van der Waals surface area contributed by atoms with Crippen LogP contribution in [0.4, 0.5) is 10.5 Å². The van der Waals surface area contributed by atoms with Crippen LogP contribution in [0.15, 0.2) is 54.7 Å². The van der Waals surface area contributed by atoms with Gasteiger partial charge in [-0.1, -0.05) is 35.9 Å². The van der Waals surface area contributed by atoms with Crippen molar-refractivity contribution in [3.8, 4) is 0 Å². The number of amides is 2. The molecule has 2 aromatic carbocycles. The van der Waals surface area contributed by atoms with Crippen LogP contribution in [0, 0.1) is 6.92 Å². The Morgan fingerprint density at radius 1 is 1.23 bits per heavy atom. The molecule has 0 aliphatic heterocycles. The van der Waals surface area contributed by atoms with E-state index in [1.807, 2.05) is 68.5 Å². The maximum Gasteiger partial charge on any atom is 0.325 e. The highest BCUT2D eigenvalue weighted by atomic mass is 35.5. The van der Waals surface area contributed by atoms with Crippen LogP contribution in [0.3, 0.4) is 0 Å². The van der Waals surface area contributed by atoms with Crippen molar-refractivity contribution in [1.82, 2.24) is 5.32 Å². The Hall–Kier alpha value is -2.26. The first kappa shape index (κ1) is 16.1. The highest BCUT2D eigenvalue weighted by molar-refractivity contribution is 6.30. The Kier molecular flexibility index (Phi) is 5.61. The molecule has 1 N–H and O–H groups in total. The maximum absolute atomic E-state index is 12.3. The SMILES string of the molecule is CCN(C(=O)N/C=C/c1ccc(Cl)cc1)c1cccc(C)c1. The van der Waals surface area contributed by atoms with Crippen molar-refractivity contribution in [3.63, 3.8) is 0 Å². The summed E-state index contributed by atoms with van der Waals surface area (Å²) in [6.07, 6.45) is 3.47. The smallest absolute Gasteiger partial charge is 0.314 e. The van der Waals surface area contributed by atoms with E-state index in [1.165, 1.54) is 0 Å². The van der Waals surface area contributed by atoms with Crippen LogP contribution < -0.4 is 10.2 Å². The van der Waals surface area contributed by atoms with Gasteiger partial charge in [-0.3, -0.25) is 4.90 Å². The van der Waals surface area contributed by atoms with Gasteiger partial charge in [-0.05, 0) is 55.3 Å². The molecule has 0 fully saturated rings. The Labute approximate surface area is 136 Å². The molecule has 3 nitrogen and oxygen atoms in total. The Balaban J connectivity index is 2.02. The van der Waals surface area contributed by atoms with E-state index in [9.17, 15) is 4.79 Å². The summed E-state index contributed by atoms with van der Waals surface area (Å²) >= 11 is 5.84. The summed E-state index contributed by atoms with van der Waals surface area (Å²) in [5.74, 6) is 0. The Morgan fingerprint density at radius 2 is 1.95 bits per heavy atom. The van der Waals surface area contributed by atoms with Crippen LogP contribution in [0.2, 0.25) is 5.02 Å². The minimum absolute atomic E-state index is 0.154. The number of nitrogens with one attached hydrogen (secondary N) is 1. The van der Waals surface area contributed by atoms with Gasteiger partial charge in [0.15, 0.2) is 0 Å². The van der Waals surface area contributed by atoms with Crippen LogP contribution in [0.5, 0.6) is 0 Å². The van der Waals surface area contributed by atoms with E-state index in [-0.39, 0.29) is 6.03 Å². The number of hydrogen-bond acceptors (Lipinski definition) is 1. The van der Waals surface area contributed by atoms with Gasteiger partial charge < -0.3 is 5.32 Å². The van der Waals surface area contributed by atoms with Gasteiger partial charge in [-0.25, -0.2) is 4.79 Å². The maximum atomic E-state index is 12.3. The van der Waals surface area contributed by atoms with Crippen molar-refractivity contribution in [3.05, 3.63) is 70.9 Å². The summed E-state index contributed by atoms with van der Waals surface area (Å²) in [7, 11) is 0. The lowest BCUT2D eigenvalue weighted by molar-refractivity contribution is 0.249. The van der Waals surface area contributed by atoms with Gasteiger partial charge in [0.05, 0.1) is 0 Å². The fourth-order valence-electron chi connectivity index (χ4n) is 2.10. The minimum Gasteiger partial charge on any atom is -0.314 e. The third-order valence-corrected chi connectivity index (χ3v) is 3.48. The second kappa shape index (κ2) is 7.66. The van der Waals surface area contributed by atoms with E-state index in [1.54, 1.807) is 11.1 Å². The van der Waals surface area contributed by atoms with Crippen molar-refractivity contribution in [2.45, 2.75) is 13.8 Å². The Bertz CT molecular complexity index is 665. The zero-order chi connectivity index (χ0) is 15.9. The lowest BCUT2D eigenvalue weighted by Crippen LogP contribution is -2.37. The number of nitrogens with zero attached hydrogens (tertiary/aromatic N) is 1. The van der Waals surface area contributed by atoms with Crippen molar-refractivity contribution in [2.75, 3.05) is 11.4 Å². The molecule has 0 atom stereocenters. The molecule has 0 heterocycles. The van der Waals surface area contributed by atoms with Gasteiger partial charge in [0.25, 0.3) is 0 Å². The molecule has 0 spiro atoms. The van der Waals surface area contributed by atoms with E-state index in [0.29, 0.717) is 11.6 Å². The molecule has 114 valence electrons. The normalized spacial score (nSPS) is 10.7. The van der Waals surface area contributed by atoms with Crippen LogP contribution in [-0.2, 0) is 0 Å². The number of halogens is 1. The molecule has 0 bridgehead atoms. The zero-order valence-electron chi connectivity index (χ0n) is 12.7. The van der Waals surface area contributed by atoms with Crippen molar-refractivity contribution in [1.29, 1.82) is 0 Å². The van der Waals surface area contributed by atoms with Gasteiger partial charge in [0, 0.05) is 23.5 Å². The molecular weight excluding hydrogens is 296 g/mol. The fraction of sp³-hybridized carbons (Fsp3) is 0.167. The van der Waals surface area contributed by atoms with E-state index in [4.69, 9.17) is 11.6 Å². The number of urea groups is 1. The molecule has 0 aromatic heterocycles. The third kappa shape index (κ3) is 4.37. The van der Waals surface area contributed by atoms with Gasteiger partial charge in [-0.2, -0.15) is 0 Å². The molecule has 2 aromatic rings. The van der Waals surface area contributed by atoms with E-state index >= 15 is 0 Å². The highest BCUT2D eigenvalue weighted by Gasteiger charge is 2.12. The summed E-state index contributed by atoms with van der Waals surface area (Å²) < 4.78 is 0. The highest BCUT2D eigenvalue weighted by Crippen LogP contribution is 2.16. The predicted octanol–water partition coefficient (Wildman–Crippen LogP) is 4.86. The summed E-state index contributed by atoms with van der Waals surface area (Å²) in [6, 6.07) is 15.1. The molecule has 0 saturated heterocycles. The molecule has 2 amide bonds. The number of benzene rings is 2. The monoisotopic (exact) mass is 314 g/mol. The average molecular weight is 315 g/mol. The lowest BCUT2D eigenvalue weighted by atomic mass is 10.2. The summed E-state index contributed by atoms with van der Waals surface area (Å²) in [5.41, 5.74) is 2.99. The van der Waals surface area contributed by atoms with Crippen molar-refractivity contribution >= 4 is 29.4 Å². The first-order valence-corrected chi connectivity index (χ1v) is 7.55. The summed E-state index contributed by atoms with van der Waals surface area (Å²) in [5, 5.41) is 3.48.